The van der Waals surface area contributed by atoms with Gasteiger partial charge in [-0.05, 0) is 6.42 Å². The Morgan fingerprint density at radius 3 is 2.83 bits per heavy atom. The van der Waals surface area contributed by atoms with E-state index in [0.717, 1.165) is 31.1 Å². The molecule has 2 atom stereocenters. The number of nitrogens with zero attached hydrogens (tertiary/aromatic N) is 3. The van der Waals surface area contributed by atoms with Crippen LogP contribution in [0.2, 0.25) is 0 Å². The van der Waals surface area contributed by atoms with Crippen LogP contribution < -0.4 is 0 Å². The van der Waals surface area contributed by atoms with Gasteiger partial charge in [0.15, 0.2) is 0 Å². The molecule has 0 saturated carbocycles. The van der Waals surface area contributed by atoms with E-state index >= 15 is 0 Å². The molecule has 0 aliphatic carbocycles. The van der Waals surface area contributed by atoms with Crippen molar-refractivity contribution in [3.8, 4) is 0 Å². The van der Waals surface area contributed by atoms with Crippen LogP contribution in [0.3, 0.4) is 0 Å². The molecule has 23 heavy (non-hydrogen) atoms. The van der Waals surface area contributed by atoms with Crippen LogP contribution in [0, 0.1) is 0 Å². The summed E-state index contributed by atoms with van der Waals surface area (Å²) in [6, 6.07) is 0.0665. The standard InChI is InChI=1S/C16H25N3O3S/c1-11(2)15-17-12(10-23-15)16(21)19-5-3-4-18(6-7-19)13-8-22-9-14(13)20/h10-11,13-14,20H,3-9H2,1-2H3/t13-,14-/m0/s1. The Labute approximate surface area is 141 Å². The number of hydrogen-bond acceptors (Lipinski definition) is 6. The molecule has 2 aliphatic heterocycles. The van der Waals surface area contributed by atoms with Crippen molar-refractivity contribution in [2.75, 3.05) is 39.4 Å². The van der Waals surface area contributed by atoms with Crippen LogP contribution in [0.4, 0.5) is 0 Å². The predicted molar refractivity (Wildman–Crippen MR) is 88.9 cm³/mol. The maximum atomic E-state index is 12.7. The van der Waals surface area contributed by atoms with Gasteiger partial charge in [-0.2, -0.15) is 0 Å². The third-order valence-electron chi connectivity index (χ3n) is 4.54. The Morgan fingerprint density at radius 2 is 2.17 bits per heavy atom. The Hall–Kier alpha value is -1.02. The summed E-state index contributed by atoms with van der Waals surface area (Å²) in [6.07, 6.45) is 0.500. The molecule has 1 amide bonds. The van der Waals surface area contributed by atoms with Gasteiger partial charge in [-0.15, -0.1) is 11.3 Å². The second-order valence-electron chi connectivity index (χ2n) is 6.58. The Bertz CT molecular complexity index is 548. The van der Waals surface area contributed by atoms with E-state index in [4.69, 9.17) is 4.74 Å². The number of thiazole rings is 1. The summed E-state index contributed by atoms with van der Waals surface area (Å²) in [4.78, 5) is 21.3. The van der Waals surface area contributed by atoms with Gasteiger partial charge >= 0.3 is 0 Å². The minimum Gasteiger partial charge on any atom is -0.389 e. The highest BCUT2D eigenvalue weighted by Gasteiger charge is 2.33. The molecule has 0 spiro atoms. The minimum atomic E-state index is -0.413. The van der Waals surface area contributed by atoms with Crippen LogP contribution in [-0.2, 0) is 4.74 Å². The molecule has 2 aliphatic rings. The number of hydrogen-bond donors (Lipinski definition) is 1. The van der Waals surface area contributed by atoms with Gasteiger partial charge in [-0.25, -0.2) is 4.98 Å². The van der Waals surface area contributed by atoms with Gasteiger partial charge in [0.25, 0.3) is 5.91 Å². The lowest BCUT2D eigenvalue weighted by atomic mass is 10.2. The lowest BCUT2D eigenvalue weighted by molar-refractivity contribution is 0.0721. The summed E-state index contributed by atoms with van der Waals surface area (Å²) >= 11 is 1.56. The van der Waals surface area contributed by atoms with Crippen molar-refractivity contribution in [1.82, 2.24) is 14.8 Å². The molecule has 0 radical (unpaired) electrons. The largest absolute Gasteiger partial charge is 0.389 e. The highest BCUT2D eigenvalue weighted by Crippen LogP contribution is 2.21. The molecule has 1 N–H and O–H groups in total. The third-order valence-corrected chi connectivity index (χ3v) is 5.69. The number of ether oxygens (including phenoxy) is 1. The van der Waals surface area contributed by atoms with Crippen molar-refractivity contribution in [1.29, 1.82) is 0 Å². The zero-order valence-corrected chi connectivity index (χ0v) is 14.6. The molecule has 2 saturated heterocycles. The van der Waals surface area contributed by atoms with Crippen molar-refractivity contribution in [3.63, 3.8) is 0 Å². The molecular weight excluding hydrogens is 314 g/mol. The first-order chi connectivity index (χ1) is 11.1. The highest BCUT2D eigenvalue weighted by molar-refractivity contribution is 7.09. The van der Waals surface area contributed by atoms with Crippen LogP contribution >= 0.6 is 11.3 Å². The van der Waals surface area contributed by atoms with Crippen LogP contribution in [-0.4, -0.2) is 77.3 Å². The second-order valence-corrected chi connectivity index (χ2v) is 7.47. The summed E-state index contributed by atoms with van der Waals surface area (Å²) in [5.74, 6) is 0.378. The molecule has 7 heteroatoms. The lowest BCUT2D eigenvalue weighted by Crippen LogP contribution is -2.45. The van der Waals surface area contributed by atoms with Crippen LogP contribution in [0.1, 0.15) is 41.7 Å². The average molecular weight is 339 g/mol. The predicted octanol–water partition coefficient (Wildman–Crippen LogP) is 1.17. The van der Waals surface area contributed by atoms with E-state index in [9.17, 15) is 9.90 Å². The number of amides is 1. The van der Waals surface area contributed by atoms with Gasteiger partial charge in [-0.3, -0.25) is 9.69 Å². The summed E-state index contributed by atoms with van der Waals surface area (Å²) < 4.78 is 5.35. The third kappa shape index (κ3) is 3.74. The molecule has 3 heterocycles. The molecule has 0 unspecified atom stereocenters. The maximum absolute atomic E-state index is 12.7. The second kappa shape index (κ2) is 7.25. The summed E-state index contributed by atoms with van der Waals surface area (Å²) in [6.45, 7) is 8.27. The first kappa shape index (κ1) is 16.8. The molecule has 0 aromatic carbocycles. The smallest absolute Gasteiger partial charge is 0.273 e. The molecule has 128 valence electrons. The number of rotatable bonds is 3. The SMILES string of the molecule is CC(C)c1nc(C(=O)N2CCCN([C@H]3COC[C@@H]3O)CC2)cs1. The number of aromatic nitrogens is 1. The minimum absolute atomic E-state index is 0.0261. The fraction of sp³-hybridized carbons (Fsp3) is 0.750. The van der Waals surface area contributed by atoms with Crippen LogP contribution in [0.5, 0.6) is 0 Å². The lowest BCUT2D eigenvalue weighted by Gasteiger charge is -2.28. The molecule has 1 aromatic heterocycles. The zero-order valence-electron chi connectivity index (χ0n) is 13.8. The Balaban J connectivity index is 1.61. The zero-order chi connectivity index (χ0) is 16.4. The van der Waals surface area contributed by atoms with E-state index < -0.39 is 6.10 Å². The summed E-state index contributed by atoms with van der Waals surface area (Å²) in [5, 5.41) is 12.9. The fourth-order valence-electron chi connectivity index (χ4n) is 3.17. The molecular formula is C16H25N3O3S. The van der Waals surface area contributed by atoms with Gasteiger partial charge in [0.1, 0.15) is 5.69 Å². The normalized spacial score (nSPS) is 26.7. The molecule has 1 aromatic rings. The Morgan fingerprint density at radius 1 is 1.35 bits per heavy atom. The number of carbonyl (C=O) groups excluding carboxylic acids is 1. The van der Waals surface area contributed by atoms with Crippen LogP contribution in [0.25, 0.3) is 0 Å². The monoisotopic (exact) mass is 339 g/mol. The molecule has 0 bridgehead atoms. The topological polar surface area (TPSA) is 65.9 Å². The summed E-state index contributed by atoms with van der Waals surface area (Å²) in [5.41, 5.74) is 0.566. The van der Waals surface area contributed by atoms with Crippen molar-refractivity contribution in [3.05, 3.63) is 16.1 Å². The van der Waals surface area contributed by atoms with Crippen molar-refractivity contribution in [2.45, 2.75) is 38.3 Å². The quantitative estimate of drug-likeness (QED) is 0.896. The Kier molecular flexibility index (Phi) is 5.31. The van der Waals surface area contributed by atoms with Gasteiger partial charge in [0.05, 0.1) is 30.4 Å². The first-order valence-corrected chi connectivity index (χ1v) is 9.18. The van der Waals surface area contributed by atoms with E-state index in [1.165, 1.54) is 0 Å². The van der Waals surface area contributed by atoms with E-state index in [-0.39, 0.29) is 11.9 Å². The maximum Gasteiger partial charge on any atom is 0.273 e. The average Bonchev–Trinajstić information content (AvgIpc) is 3.11. The first-order valence-electron chi connectivity index (χ1n) is 8.31. The van der Waals surface area contributed by atoms with E-state index in [1.807, 2.05) is 10.3 Å². The highest BCUT2D eigenvalue weighted by atomic mass is 32.1. The van der Waals surface area contributed by atoms with Crippen molar-refractivity contribution < 1.29 is 14.6 Å². The van der Waals surface area contributed by atoms with Crippen molar-refractivity contribution >= 4 is 17.2 Å². The van der Waals surface area contributed by atoms with E-state index in [0.29, 0.717) is 31.4 Å². The summed E-state index contributed by atoms with van der Waals surface area (Å²) in [7, 11) is 0. The van der Waals surface area contributed by atoms with Gasteiger partial charge in [0, 0.05) is 37.5 Å². The van der Waals surface area contributed by atoms with Crippen LogP contribution in [0.15, 0.2) is 5.38 Å². The molecule has 2 fully saturated rings. The number of aliphatic hydroxyl groups excluding tert-OH is 1. The van der Waals surface area contributed by atoms with Gasteiger partial charge in [0.2, 0.25) is 0 Å². The van der Waals surface area contributed by atoms with Gasteiger partial charge < -0.3 is 14.7 Å². The van der Waals surface area contributed by atoms with Gasteiger partial charge in [-0.1, -0.05) is 13.8 Å². The molecule has 6 nitrogen and oxygen atoms in total. The van der Waals surface area contributed by atoms with E-state index in [1.54, 1.807) is 11.3 Å². The van der Waals surface area contributed by atoms with E-state index in [2.05, 4.69) is 23.7 Å². The molecule has 3 rings (SSSR count). The fourth-order valence-corrected chi connectivity index (χ4v) is 3.97. The number of aliphatic hydroxyl groups is 1. The number of carbonyl (C=O) groups is 1. The van der Waals surface area contributed by atoms with Crippen molar-refractivity contribution in [2.24, 2.45) is 0 Å².